The molecule has 0 bridgehead atoms. The lowest BCUT2D eigenvalue weighted by molar-refractivity contribution is -0.129. The van der Waals surface area contributed by atoms with E-state index < -0.39 is 0 Å². The quantitative estimate of drug-likeness (QED) is 0.882. The number of halogens is 1. The summed E-state index contributed by atoms with van der Waals surface area (Å²) in [5.41, 5.74) is 1.02. The first-order chi connectivity index (χ1) is 11.0. The van der Waals surface area contributed by atoms with Crippen LogP contribution in [0.1, 0.15) is 18.9 Å². The van der Waals surface area contributed by atoms with Gasteiger partial charge in [-0.1, -0.05) is 41.9 Å². The topological polar surface area (TPSA) is 75.2 Å². The third kappa shape index (κ3) is 5.67. The number of carbonyl (C=O) groups excluding carboxylic acids is 2. The molecule has 0 saturated heterocycles. The van der Waals surface area contributed by atoms with Crippen molar-refractivity contribution in [2.24, 2.45) is 0 Å². The fourth-order valence-electron chi connectivity index (χ4n) is 1.98. The van der Waals surface area contributed by atoms with E-state index in [1.165, 1.54) is 6.92 Å². The smallest absolute Gasteiger partial charge is 0.227 e. The van der Waals surface area contributed by atoms with Crippen LogP contribution in [-0.4, -0.2) is 33.5 Å². The maximum atomic E-state index is 11.9. The third-order valence-electron chi connectivity index (χ3n) is 3.17. The summed E-state index contributed by atoms with van der Waals surface area (Å²) < 4.78 is 0. The SMILES string of the molecule is CC(=O)N(CCC(=O)Nc1ccc(Cl)nn1)Cc1ccccc1. The summed E-state index contributed by atoms with van der Waals surface area (Å²) in [5.74, 6) is 0.0192. The molecule has 0 aliphatic rings. The van der Waals surface area contributed by atoms with Crippen LogP contribution >= 0.6 is 11.6 Å². The molecular formula is C16H17ClN4O2. The van der Waals surface area contributed by atoms with Gasteiger partial charge in [0.1, 0.15) is 0 Å². The Morgan fingerprint density at radius 1 is 1.13 bits per heavy atom. The molecule has 1 aromatic carbocycles. The summed E-state index contributed by atoms with van der Waals surface area (Å²) in [6, 6.07) is 12.8. The van der Waals surface area contributed by atoms with Gasteiger partial charge in [-0.3, -0.25) is 9.59 Å². The molecule has 1 heterocycles. The minimum absolute atomic E-state index is 0.0760. The molecule has 0 radical (unpaired) electrons. The number of carbonyl (C=O) groups is 2. The third-order valence-corrected chi connectivity index (χ3v) is 3.37. The Kier molecular flexibility index (Phi) is 6.05. The average molecular weight is 333 g/mol. The van der Waals surface area contributed by atoms with Crippen molar-refractivity contribution in [3.8, 4) is 0 Å². The second-order valence-electron chi connectivity index (χ2n) is 4.97. The molecule has 120 valence electrons. The molecule has 1 N–H and O–H groups in total. The molecule has 0 atom stereocenters. The first kappa shape index (κ1) is 16.9. The molecule has 0 unspecified atom stereocenters. The fraction of sp³-hybridized carbons (Fsp3) is 0.250. The summed E-state index contributed by atoms with van der Waals surface area (Å²) in [5, 5.41) is 10.3. The van der Waals surface area contributed by atoms with Crippen molar-refractivity contribution in [3.05, 3.63) is 53.2 Å². The highest BCUT2D eigenvalue weighted by Crippen LogP contribution is 2.08. The average Bonchev–Trinajstić information content (AvgIpc) is 2.54. The van der Waals surface area contributed by atoms with Crippen LogP contribution in [0.25, 0.3) is 0 Å². The van der Waals surface area contributed by atoms with Gasteiger partial charge in [0.05, 0.1) is 0 Å². The zero-order chi connectivity index (χ0) is 16.7. The van der Waals surface area contributed by atoms with Crippen LogP contribution in [-0.2, 0) is 16.1 Å². The maximum absolute atomic E-state index is 11.9. The van der Waals surface area contributed by atoms with E-state index in [1.54, 1.807) is 17.0 Å². The van der Waals surface area contributed by atoms with Gasteiger partial charge in [-0.15, -0.1) is 10.2 Å². The summed E-state index contributed by atoms with van der Waals surface area (Å²) in [6.07, 6.45) is 0.177. The largest absolute Gasteiger partial charge is 0.338 e. The van der Waals surface area contributed by atoms with Crippen molar-refractivity contribution in [1.82, 2.24) is 15.1 Å². The Morgan fingerprint density at radius 3 is 2.48 bits per heavy atom. The van der Waals surface area contributed by atoms with Gasteiger partial charge in [-0.05, 0) is 17.7 Å². The first-order valence-corrected chi connectivity index (χ1v) is 7.51. The van der Waals surface area contributed by atoms with Gasteiger partial charge in [-0.25, -0.2) is 0 Å². The van der Waals surface area contributed by atoms with Gasteiger partial charge in [0.2, 0.25) is 11.8 Å². The number of nitrogens with zero attached hydrogens (tertiary/aromatic N) is 3. The van der Waals surface area contributed by atoms with E-state index >= 15 is 0 Å². The van der Waals surface area contributed by atoms with Crippen LogP contribution in [0.15, 0.2) is 42.5 Å². The second-order valence-corrected chi connectivity index (χ2v) is 5.35. The van der Waals surface area contributed by atoms with Crippen LogP contribution < -0.4 is 5.32 Å². The fourth-order valence-corrected chi connectivity index (χ4v) is 2.08. The molecule has 0 fully saturated rings. The number of anilines is 1. The number of aromatic nitrogens is 2. The molecule has 1 aromatic heterocycles. The molecule has 7 heteroatoms. The Morgan fingerprint density at radius 2 is 1.87 bits per heavy atom. The van der Waals surface area contributed by atoms with Crippen molar-refractivity contribution in [1.29, 1.82) is 0 Å². The van der Waals surface area contributed by atoms with Gasteiger partial charge >= 0.3 is 0 Å². The van der Waals surface area contributed by atoms with Gasteiger partial charge in [-0.2, -0.15) is 0 Å². The molecule has 2 amide bonds. The summed E-state index contributed by atoms with van der Waals surface area (Å²) in [4.78, 5) is 25.3. The number of hydrogen-bond acceptors (Lipinski definition) is 4. The van der Waals surface area contributed by atoms with E-state index in [4.69, 9.17) is 11.6 Å². The molecule has 2 aromatic rings. The molecule has 6 nitrogen and oxygen atoms in total. The number of hydrogen-bond donors (Lipinski definition) is 1. The Bertz CT molecular complexity index is 662. The molecule has 0 saturated carbocycles. The predicted octanol–water partition coefficient (Wildman–Crippen LogP) is 2.51. The molecular weight excluding hydrogens is 316 g/mol. The Balaban J connectivity index is 1.87. The molecule has 0 aliphatic heterocycles. The Labute approximate surface area is 139 Å². The van der Waals surface area contributed by atoms with E-state index in [2.05, 4.69) is 15.5 Å². The van der Waals surface area contributed by atoms with Crippen molar-refractivity contribution in [3.63, 3.8) is 0 Å². The monoisotopic (exact) mass is 332 g/mol. The van der Waals surface area contributed by atoms with E-state index in [1.807, 2.05) is 30.3 Å². The van der Waals surface area contributed by atoms with Gasteiger partial charge < -0.3 is 10.2 Å². The zero-order valence-corrected chi connectivity index (χ0v) is 13.5. The lowest BCUT2D eigenvalue weighted by Gasteiger charge is -2.20. The molecule has 0 spiro atoms. The van der Waals surface area contributed by atoms with Crippen molar-refractivity contribution < 1.29 is 9.59 Å². The van der Waals surface area contributed by atoms with Crippen molar-refractivity contribution in [2.45, 2.75) is 19.9 Å². The normalized spacial score (nSPS) is 10.2. The second kappa shape index (κ2) is 8.24. The summed E-state index contributed by atoms with van der Waals surface area (Å²) >= 11 is 5.63. The lowest BCUT2D eigenvalue weighted by Crippen LogP contribution is -2.31. The zero-order valence-electron chi connectivity index (χ0n) is 12.7. The highest BCUT2D eigenvalue weighted by atomic mass is 35.5. The number of benzene rings is 1. The van der Waals surface area contributed by atoms with Crippen LogP contribution in [0, 0.1) is 0 Å². The van der Waals surface area contributed by atoms with Crippen LogP contribution in [0.3, 0.4) is 0 Å². The Hall–Kier alpha value is -2.47. The lowest BCUT2D eigenvalue weighted by atomic mass is 10.2. The number of rotatable bonds is 6. The molecule has 2 rings (SSSR count). The van der Waals surface area contributed by atoms with Crippen molar-refractivity contribution in [2.75, 3.05) is 11.9 Å². The molecule has 0 aliphatic carbocycles. The summed E-state index contributed by atoms with van der Waals surface area (Å²) in [6.45, 7) is 2.30. The van der Waals surface area contributed by atoms with E-state index in [0.717, 1.165) is 5.56 Å². The van der Waals surface area contributed by atoms with E-state index in [-0.39, 0.29) is 23.4 Å². The molecule has 23 heavy (non-hydrogen) atoms. The predicted molar refractivity (Wildman–Crippen MR) is 87.8 cm³/mol. The highest BCUT2D eigenvalue weighted by molar-refractivity contribution is 6.29. The minimum atomic E-state index is -0.235. The van der Waals surface area contributed by atoms with Crippen LogP contribution in [0.4, 0.5) is 5.82 Å². The summed E-state index contributed by atoms with van der Waals surface area (Å²) in [7, 11) is 0. The minimum Gasteiger partial charge on any atom is -0.338 e. The van der Waals surface area contributed by atoms with Gasteiger partial charge in [0, 0.05) is 26.4 Å². The highest BCUT2D eigenvalue weighted by Gasteiger charge is 2.12. The van der Waals surface area contributed by atoms with Crippen LogP contribution in [0.5, 0.6) is 0 Å². The maximum Gasteiger partial charge on any atom is 0.227 e. The van der Waals surface area contributed by atoms with E-state index in [0.29, 0.717) is 18.9 Å². The standard InChI is InChI=1S/C16H17ClN4O2/c1-12(22)21(11-13-5-3-2-4-6-13)10-9-16(23)18-15-8-7-14(17)19-20-15/h2-8H,9-11H2,1H3,(H,18,20,23). The number of amides is 2. The van der Waals surface area contributed by atoms with Gasteiger partial charge in [0.25, 0.3) is 0 Å². The van der Waals surface area contributed by atoms with E-state index in [9.17, 15) is 9.59 Å². The first-order valence-electron chi connectivity index (χ1n) is 7.13. The van der Waals surface area contributed by atoms with Crippen LogP contribution in [0.2, 0.25) is 5.15 Å². The van der Waals surface area contributed by atoms with Crippen molar-refractivity contribution >= 4 is 29.2 Å². The number of nitrogens with one attached hydrogen (secondary N) is 1. The van der Waals surface area contributed by atoms with Gasteiger partial charge in [0.15, 0.2) is 11.0 Å².